The maximum Gasteiger partial charge on any atom is 0.0461 e. The minimum atomic E-state index is -0.00895. The molecule has 55 heavy (non-hydrogen) atoms. The van der Waals surface area contributed by atoms with Crippen molar-refractivity contribution in [2.75, 3.05) is 9.80 Å². The lowest BCUT2D eigenvalue weighted by atomic mass is 9.48. The Labute approximate surface area is 328 Å². The summed E-state index contributed by atoms with van der Waals surface area (Å²) in [6, 6.07) is 61.4. The van der Waals surface area contributed by atoms with Crippen molar-refractivity contribution in [3.8, 4) is 0 Å². The van der Waals surface area contributed by atoms with Crippen LogP contribution in [0, 0.1) is 23.7 Å². The second-order valence-electron chi connectivity index (χ2n) is 17.8. The van der Waals surface area contributed by atoms with Gasteiger partial charge in [-0.05, 0) is 183 Å². The second-order valence-corrected chi connectivity index (χ2v) is 17.8. The van der Waals surface area contributed by atoms with Crippen molar-refractivity contribution >= 4 is 34.1 Å². The minimum Gasteiger partial charge on any atom is -0.311 e. The van der Waals surface area contributed by atoms with Gasteiger partial charge in [-0.25, -0.2) is 0 Å². The molecule has 0 aromatic heterocycles. The van der Waals surface area contributed by atoms with Crippen molar-refractivity contribution in [2.45, 2.75) is 82.0 Å². The topological polar surface area (TPSA) is 6.48 Å². The summed E-state index contributed by atoms with van der Waals surface area (Å²) >= 11 is 0. The highest BCUT2D eigenvalue weighted by atomic mass is 15.1. The molecule has 0 amide bonds. The maximum atomic E-state index is 2.49. The molecule has 5 fully saturated rings. The SMILES string of the molecule is CC1CCC(c2ccc(N(c3ccccc3)c3ccccc3)cc2)(c2ccc(N(c3ccccc3)c3ccc(C45CC6CC(CC(C6)C4)C5)cc3)cc2)CC1. The molecule has 6 aromatic carbocycles. The first-order chi connectivity index (χ1) is 27.1. The third kappa shape index (κ3) is 6.38. The molecule has 2 heteroatoms. The first-order valence-electron chi connectivity index (χ1n) is 21.1. The predicted octanol–water partition coefficient (Wildman–Crippen LogP) is 14.6. The average Bonchev–Trinajstić information content (AvgIpc) is 3.23. The zero-order valence-electron chi connectivity index (χ0n) is 32.4. The number of nitrogens with zero attached hydrogens (tertiary/aromatic N) is 2. The van der Waals surface area contributed by atoms with Crippen LogP contribution in [0.15, 0.2) is 164 Å². The van der Waals surface area contributed by atoms with Gasteiger partial charge in [0.2, 0.25) is 0 Å². The zero-order chi connectivity index (χ0) is 36.8. The van der Waals surface area contributed by atoms with Gasteiger partial charge in [0.05, 0.1) is 0 Å². The van der Waals surface area contributed by atoms with Crippen LogP contribution in [0.4, 0.5) is 34.1 Å². The second kappa shape index (κ2) is 14.2. The van der Waals surface area contributed by atoms with E-state index in [2.05, 4.69) is 181 Å². The smallest absolute Gasteiger partial charge is 0.0461 e. The largest absolute Gasteiger partial charge is 0.311 e. The molecule has 0 radical (unpaired) electrons. The van der Waals surface area contributed by atoms with Gasteiger partial charge >= 0.3 is 0 Å². The normalized spacial score (nSPS) is 26.8. The number of hydrogen-bond donors (Lipinski definition) is 0. The molecule has 0 N–H and O–H groups in total. The van der Waals surface area contributed by atoms with Crippen LogP contribution in [-0.2, 0) is 10.8 Å². The van der Waals surface area contributed by atoms with E-state index in [1.807, 2.05) is 0 Å². The van der Waals surface area contributed by atoms with Gasteiger partial charge in [0, 0.05) is 39.5 Å². The van der Waals surface area contributed by atoms with E-state index in [1.54, 1.807) is 5.56 Å². The molecule has 0 spiro atoms. The summed E-state index contributed by atoms with van der Waals surface area (Å²) in [5.41, 5.74) is 12.0. The van der Waals surface area contributed by atoms with Gasteiger partial charge in [0.1, 0.15) is 0 Å². The van der Waals surface area contributed by atoms with Crippen LogP contribution in [0.25, 0.3) is 0 Å². The fraction of sp³-hybridized carbons (Fsp3) is 0.321. The standard InChI is InChI=1S/C53H54N2/c1-39-29-31-53(32-30-39,44-19-25-50(26-20-44)54(46-11-5-2-6-12-46)47-13-7-3-8-14-47)45-21-27-51(28-22-45)55(48-15-9-4-10-16-48)49-23-17-43(18-24-49)52-36-40-33-41(37-52)35-42(34-40)38-52/h2-28,39-42H,29-38H2,1H3. The molecule has 0 unspecified atom stereocenters. The molecular formula is C53H54N2. The summed E-state index contributed by atoms with van der Waals surface area (Å²) in [4.78, 5) is 4.82. The Morgan fingerprint density at radius 1 is 0.382 bits per heavy atom. The molecule has 6 aromatic rings. The van der Waals surface area contributed by atoms with Gasteiger partial charge in [0.25, 0.3) is 0 Å². The van der Waals surface area contributed by atoms with E-state index in [1.165, 1.54) is 109 Å². The van der Waals surface area contributed by atoms with Gasteiger partial charge in [-0.3, -0.25) is 0 Å². The molecule has 5 saturated carbocycles. The van der Waals surface area contributed by atoms with Crippen LogP contribution in [0.3, 0.4) is 0 Å². The first kappa shape index (κ1) is 34.4. The van der Waals surface area contributed by atoms with Crippen molar-refractivity contribution in [2.24, 2.45) is 23.7 Å². The molecule has 0 aliphatic heterocycles. The van der Waals surface area contributed by atoms with Gasteiger partial charge in [0.15, 0.2) is 0 Å². The van der Waals surface area contributed by atoms with Gasteiger partial charge in [-0.2, -0.15) is 0 Å². The lowest BCUT2D eigenvalue weighted by Crippen LogP contribution is -2.48. The average molecular weight is 719 g/mol. The third-order valence-electron chi connectivity index (χ3n) is 14.3. The van der Waals surface area contributed by atoms with E-state index >= 15 is 0 Å². The van der Waals surface area contributed by atoms with Crippen LogP contribution in [-0.4, -0.2) is 0 Å². The number of para-hydroxylation sites is 3. The monoisotopic (exact) mass is 718 g/mol. The molecule has 5 aliphatic carbocycles. The van der Waals surface area contributed by atoms with E-state index in [4.69, 9.17) is 0 Å². The fourth-order valence-electron chi connectivity index (χ4n) is 11.9. The van der Waals surface area contributed by atoms with E-state index in [0.717, 1.165) is 23.7 Å². The maximum absolute atomic E-state index is 2.49. The highest BCUT2D eigenvalue weighted by Gasteiger charge is 2.51. The van der Waals surface area contributed by atoms with E-state index in [-0.39, 0.29) is 5.41 Å². The molecular weight excluding hydrogens is 665 g/mol. The predicted molar refractivity (Wildman–Crippen MR) is 231 cm³/mol. The lowest BCUT2D eigenvalue weighted by molar-refractivity contribution is -0.00518. The van der Waals surface area contributed by atoms with Crippen LogP contribution in [0.2, 0.25) is 0 Å². The molecule has 4 bridgehead atoms. The van der Waals surface area contributed by atoms with E-state index in [9.17, 15) is 0 Å². The van der Waals surface area contributed by atoms with Crippen LogP contribution < -0.4 is 9.80 Å². The Hall–Kier alpha value is -5.08. The van der Waals surface area contributed by atoms with Gasteiger partial charge in [-0.15, -0.1) is 0 Å². The number of hydrogen-bond acceptors (Lipinski definition) is 2. The van der Waals surface area contributed by atoms with Crippen molar-refractivity contribution in [1.82, 2.24) is 0 Å². The molecule has 0 saturated heterocycles. The number of anilines is 6. The van der Waals surface area contributed by atoms with Gasteiger partial charge in [-0.1, -0.05) is 97.9 Å². The number of rotatable bonds is 9. The highest BCUT2D eigenvalue weighted by molar-refractivity contribution is 5.78. The Balaban J connectivity index is 0.977. The fourth-order valence-corrected chi connectivity index (χ4v) is 11.9. The van der Waals surface area contributed by atoms with Crippen LogP contribution in [0.5, 0.6) is 0 Å². The summed E-state index contributed by atoms with van der Waals surface area (Å²) in [6.45, 7) is 2.43. The highest BCUT2D eigenvalue weighted by Crippen LogP contribution is 2.61. The minimum absolute atomic E-state index is 0.00895. The van der Waals surface area contributed by atoms with Crippen molar-refractivity contribution in [1.29, 1.82) is 0 Å². The summed E-state index contributed by atoms with van der Waals surface area (Å²) in [6.07, 6.45) is 13.5. The third-order valence-corrected chi connectivity index (χ3v) is 14.3. The van der Waals surface area contributed by atoms with Crippen molar-refractivity contribution < 1.29 is 0 Å². The van der Waals surface area contributed by atoms with Crippen molar-refractivity contribution in [3.05, 3.63) is 180 Å². The molecule has 11 rings (SSSR count). The first-order valence-corrected chi connectivity index (χ1v) is 21.1. The number of benzene rings is 6. The lowest BCUT2D eigenvalue weighted by Gasteiger charge is -2.57. The Bertz CT molecular complexity index is 2110. The molecule has 5 aliphatic rings. The molecule has 0 atom stereocenters. The van der Waals surface area contributed by atoms with Gasteiger partial charge < -0.3 is 9.80 Å². The quantitative estimate of drug-likeness (QED) is 0.147. The summed E-state index contributed by atoms with van der Waals surface area (Å²) in [5.74, 6) is 3.62. The molecule has 2 nitrogen and oxygen atoms in total. The summed E-state index contributed by atoms with van der Waals surface area (Å²) < 4.78 is 0. The zero-order valence-corrected chi connectivity index (χ0v) is 32.4. The Morgan fingerprint density at radius 2 is 0.691 bits per heavy atom. The summed E-state index contributed by atoms with van der Waals surface area (Å²) in [5, 5.41) is 0. The van der Waals surface area contributed by atoms with Crippen LogP contribution in [0.1, 0.15) is 87.8 Å². The Morgan fingerprint density at radius 3 is 1.04 bits per heavy atom. The van der Waals surface area contributed by atoms with E-state index in [0.29, 0.717) is 5.41 Å². The van der Waals surface area contributed by atoms with Crippen LogP contribution >= 0.6 is 0 Å². The Kier molecular flexibility index (Phi) is 8.89. The molecule has 0 heterocycles. The van der Waals surface area contributed by atoms with Crippen molar-refractivity contribution in [3.63, 3.8) is 0 Å². The molecule has 276 valence electrons. The van der Waals surface area contributed by atoms with E-state index < -0.39 is 0 Å². The summed E-state index contributed by atoms with van der Waals surface area (Å²) in [7, 11) is 0.